The third kappa shape index (κ3) is 2.25. The third-order valence-electron chi connectivity index (χ3n) is 4.47. The SMILES string of the molecule is Cc1cnc2nc(C(C)c3ccc4c(c3)CCCN4)[nH]c2c1. The van der Waals surface area contributed by atoms with E-state index in [1.54, 1.807) is 0 Å². The van der Waals surface area contributed by atoms with E-state index in [1.165, 1.54) is 23.2 Å². The van der Waals surface area contributed by atoms with Crippen molar-refractivity contribution < 1.29 is 0 Å². The van der Waals surface area contributed by atoms with E-state index >= 15 is 0 Å². The lowest BCUT2D eigenvalue weighted by molar-refractivity contribution is 0.811. The van der Waals surface area contributed by atoms with Gasteiger partial charge in [-0.05, 0) is 48.6 Å². The first-order valence-electron chi connectivity index (χ1n) is 7.89. The standard InChI is InChI=1S/C18H20N4/c1-11-8-16-18(20-10-11)22-17(21-16)12(2)13-5-6-15-14(9-13)4-3-7-19-15/h5-6,8-10,12,19H,3-4,7H2,1-2H3,(H,20,21,22). The minimum atomic E-state index is 0.238. The maximum Gasteiger partial charge on any atom is 0.177 e. The number of hydrogen-bond acceptors (Lipinski definition) is 3. The van der Waals surface area contributed by atoms with E-state index in [9.17, 15) is 0 Å². The van der Waals surface area contributed by atoms with Crippen molar-refractivity contribution in [1.82, 2.24) is 15.0 Å². The molecule has 1 atom stereocenters. The molecule has 0 spiro atoms. The van der Waals surface area contributed by atoms with Crippen molar-refractivity contribution in [3.63, 3.8) is 0 Å². The Morgan fingerprint density at radius 2 is 2.14 bits per heavy atom. The van der Waals surface area contributed by atoms with Crippen molar-refractivity contribution >= 4 is 16.9 Å². The first kappa shape index (κ1) is 13.3. The molecule has 112 valence electrons. The number of rotatable bonds is 2. The summed E-state index contributed by atoms with van der Waals surface area (Å²) < 4.78 is 0. The van der Waals surface area contributed by atoms with Crippen LogP contribution in [-0.4, -0.2) is 21.5 Å². The van der Waals surface area contributed by atoms with Crippen LogP contribution in [0.1, 0.15) is 41.8 Å². The van der Waals surface area contributed by atoms with Crippen molar-refractivity contribution in [3.05, 3.63) is 53.0 Å². The highest BCUT2D eigenvalue weighted by molar-refractivity contribution is 5.71. The van der Waals surface area contributed by atoms with E-state index < -0.39 is 0 Å². The Bertz CT molecular complexity index is 834. The van der Waals surface area contributed by atoms with Gasteiger partial charge in [0.25, 0.3) is 0 Å². The van der Waals surface area contributed by atoms with Gasteiger partial charge in [0.15, 0.2) is 5.65 Å². The van der Waals surface area contributed by atoms with E-state index in [4.69, 9.17) is 0 Å². The zero-order valence-corrected chi connectivity index (χ0v) is 13.0. The average molecular weight is 292 g/mol. The van der Waals surface area contributed by atoms with Crippen molar-refractivity contribution in [1.29, 1.82) is 0 Å². The number of aromatic nitrogens is 3. The Kier molecular flexibility index (Phi) is 3.10. The largest absolute Gasteiger partial charge is 0.385 e. The van der Waals surface area contributed by atoms with Gasteiger partial charge in [-0.3, -0.25) is 0 Å². The second-order valence-electron chi connectivity index (χ2n) is 6.17. The number of nitrogens with zero attached hydrogens (tertiary/aromatic N) is 2. The number of aromatic amines is 1. The molecule has 3 heterocycles. The Morgan fingerprint density at radius 1 is 1.23 bits per heavy atom. The van der Waals surface area contributed by atoms with E-state index in [2.05, 4.69) is 51.5 Å². The van der Waals surface area contributed by atoms with Crippen molar-refractivity contribution in [2.45, 2.75) is 32.6 Å². The summed E-state index contributed by atoms with van der Waals surface area (Å²) in [5.41, 5.74) is 6.96. The Hall–Kier alpha value is -2.36. The zero-order chi connectivity index (χ0) is 15.1. The molecule has 2 aromatic heterocycles. The fourth-order valence-corrected chi connectivity index (χ4v) is 3.15. The smallest absolute Gasteiger partial charge is 0.177 e. The molecule has 0 amide bonds. The molecule has 0 bridgehead atoms. The quantitative estimate of drug-likeness (QED) is 0.756. The third-order valence-corrected chi connectivity index (χ3v) is 4.47. The van der Waals surface area contributed by atoms with Gasteiger partial charge in [-0.15, -0.1) is 0 Å². The van der Waals surface area contributed by atoms with Gasteiger partial charge in [-0.2, -0.15) is 0 Å². The molecule has 0 radical (unpaired) electrons. The lowest BCUT2D eigenvalue weighted by Crippen LogP contribution is -2.12. The van der Waals surface area contributed by atoms with Crippen LogP contribution in [0.3, 0.4) is 0 Å². The summed E-state index contributed by atoms with van der Waals surface area (Å²) in [7, 11) is 0. The van der Waals surface area contributed by atoms with Gasteiger partial charge in [-0.25, -0.2) is 9.97 Å². The van der Waals surface area contributed by atoms with Gasteiger partial charge in [0, 0.05) is 24.3 Å². The summed E-state index contributed by atoms with van der Waals surface area (Å²) in [6, 6.07) is 8.82. The van der Waals surface area contributed by atoms with Gasteiger partial charge in [0.2, 0.25) is 0 Å². The van der Waals surface area contributed by atoms with Crippen LogP contribution in [0.25, 0.3) is 11.2 Å². The summed E-state index contributed by atoms with van der Waals surface area (Å²) in [6.07, 6.45) is 4.23. The van der Waals surface area contributed by atoms with Gasteiger partial charge in [0.05, 0.1) is 5.52 Å². The monoisotopic (exact) mass is 292 g/mol. The maximum atomic E-state index is 4.66. The van der Waals surface area contributed by atoms with Crippen LogP contribution in [0.4, 0.5) is 5.69 Å². The molecular formula is C18H20N4. The number of hydrogen-bond donors (Lipinski definition) is 2. The molecule has 1 aliphatic heterocycles. The van der Waals surface area contributed by atoms with Crippen molar-refractivity contribution in [2.75, 3.05) is 11.9 Å². The summed E-state index contributed by atoms with van der Waals surface area (Å²) in [4.78, 5) is 12.5. The number of fused-ring (bicyclic) bond motifs is 2. The minimum Gasteiger partial charge on any atom is -0.385 e. The molecule has 0 saturated carbocycles. The van der Waals surface area contributed by atoms with Gasteiger partial charge < -0.3 is 10.3 Å². The number of imidazole rings is 1. The fourth-order valence-electron chi connectivity index (χ4n) is 3.15. The van der Waals surface area contributed by atoms with Crippen LogP contribution in [0.5, 0.6) is 0 Å². The number of aryl methyl sites for hydroxylation is 2. The first-order valence-corrected chi connectivity index (χ1v) is 7.89. The van der Waals surface area contributed by atoms with Gasteiger partial charge in [0.1, 0.15) is 5.82 Å². The van der Waals surface area contributed by atoms with Crippen LogP contribution < -0.4 is 5.32 Å². The molecule has 2 N–H and O–H groups in total. The number of nitrogens with one attached hydrogen (secondary N) is 2. The molecular weight excluding hydrogens is 272 g/mol. The molecule has 4 heteroatoms. The van der Waals surface area contributed by atoms with Crippen LogP contribution in [0.2, 0.25) is 0 Å². The highest BCUT2D eigenvalue weighted by Crippen LogP contribution is 2.29. The molecule has 0 aliphatic carbocycles. The second-order valence-corrected chi connectivity index (χ2v) is 6.17. The number of pyridine rings is 1. The number of anilines is 1. The van der Waals surface area contributed by atoms with Gasteiger partial charge >= 0.3 is 0 Å². The summed E-state index contributed by atoms with van der Waals surface area (Å²) >= 11 is 0. The fraction of sp³-hybridized carbons (Fsp3) is 0.333. The van der Waals surface area contributed by atoms with E-state index in [0.29, 0.717) is 0 Å². The topological polar surface area (TPSA) is 53.6 Å². The van der Waals surface area contributed by atoms with Crippen LogP contribution in [0.15, 0.2) is 30.5 Å². The molecule has 1 aromatic carbocycles. The predicted octanol–water partition coefficient (Wildman–Crippen LogP) is 3.78. The summed E-state index contributed by atoms with van der Waals surface area (Å²) in [5.74, 6) is 1.22. The minimum absolute atomic E-state index is 0.238. The zero-order valence-electron chi connectivity index (χ0n) is 13.0. The van der Waals surface area contributed by atoms with E-state index in [-0.39, 0.29) is 5.92 Å². The Balaban J connectivity index is 1.71. The predicted molar refractivity (Wildman–Crippen MR) is 89.4 cm³/mol. The molecule has 4 nitrogen and oxygen atoms in total. The summed E-state index contributed by atoms with van der Waals surface area (Å²) in [6.45, 7) is 5.33. The molecule has 3 aromatic rings. The lowest BCUT2D eigenvalue weighted by atomic mass is 9.94. The number of benzene rings is 1. The average Bonchev–Trinajstić information content (AvgIpc) is 2.96. The normalized spacial score (nSPS) is 15.4. The van der Waals surface area contributed by atoms with E-state index in [1.807, 2.05) is 13.1 Å². The van der Waals surface area contributed by atoms with Crippen molar-refractivity contribution in [2.24, 2.45) is 0 Å². The maximum absolute atomic E-state index is 4.66. The Labute approximate surface area is 130 Å². The highest BCUT2D eigenvalue weighted by Gasteiger charge is 2.16. The lowest BCUT2D eigenvalue weighted by Gasteiger charge is -2.20. The second kappa shape index (κ2) is 5.13. The first-order chi connectivity index (χ1) is 10.7. The number of H-pyrrole nitrogens is 1. The Morgan fingerprint density at radius 3 is 3.05 bits per heavy atom. The molecule has 0 fully saturated rings. The summed E-state index contributed by atoms with van der Waals surface area (Å²) in [5, 5.41) is 3.46. The van der Waals surface area contributed by atoms with Crippen molar-refractivity contribution in [3.8, 4) is 0 Å². The molecule has 0 saturated heterocycles. The molecule has 1 unspecified atom stereocenters. The van der Waals surface area contributed by atoms with Crippen LogP contribution >= 0.6 is 0 Å². The molecule has 22 heavy (non-hydrogen) atoms. The highest BCUT2D eigenvalue weighted by atomic mass is 15.0. The van der Waals surface area contributed by atoms with Crippen LogP contribution in [-0.2, 0) is 6.42 Å². The molecule has 1 aliphatic rings. The van der Waals surface area contributed by atoms with Crippen LogP contribution in [0, 0.1) is 6.92 Å². The van der Waals surface area contributed by atoms with Gasteiger partial charge in [-0.1, -0.05) is 19.1 Å². The van der Waals surface area contributed by atoms with E-state index in [0.717, 1.165) is 35.5 Å². The molecule has 4 rings (SSSR count).